The standard InChI is InChI=1S/C15H19N3O2/c1-2-14(19)17-13-7-3-5-11(9-13)15(20)18-8-4-6-12(16)10-18/h2-3,5,7,9,12H,1,4,6,8,10,16H2,(H,17,19). The average molecular weight is 273 g/mol. The van der Waals surface area contributed by atoms with Crippen LogP contribution in [-0.4, -0.2) is 35.8 Å². The van der Waals surface area contributed by atoms with Crippen LogP contribution in [0.3, 0.4) is 0 Å². The van der Waals surface area contributed by atoms with Crippen LogP contribution in [0.15, 0.2) is 36.9 Å². The summed E-state index contributed by atoms with van der Waals surface area (Å²) in [5.41, 5.74) is 7.03. The maximum atomic E-state index is 12.4. The number of carbonyl (C=O) groups excluding carboxylic acids is 2. The molecule has 5 nitrogen and oxygen atoms in total. The number of rotatable bonds is 3. The molecule has 1 aliphatic heterocycles. The van der Waals surface area contributed by atoms with E-state index < -0.39 is 0 Å². The number of hydrogen-bond acceptors (Lipinski definition) is 3. The normalized spacial score (nSPS) is 18.4. The van der Waals surface area contributed by atoms with Gasteiger partial charge in [0.2, 0.25) is 5.91 Å². The minimum absolute atomic E-state index is 0.0464. The van der Waals surface area contributed by atoms with E-state index in [1.54, 1.807) is 29.2 Å². The van der Waals surface area contributed by atoms with Crippen molar-refractivity contribution in [3.05, 3.63) is 42.5 Å². The molecule has 1 heterocycles. The first-order chi connectivity index (χ1) is 9.60. The predicted molar refractivity (Wildman–Crippen MR) is 78.4 cm³/mol. The second kappa shape index (κ2) is 6.34. The van der Waals surface area contributed by atoms with E-state index in [1.807, 2.05) is 0 Å². The van der Waals surface area contributed by atoms with Crippen LogP contribution in [0.4, 0.5) is 5.69 Å². The molecule has 1 saturated heterocycles. The number of nitrogens with zero attached hydrogens (tertiary/aromatic N) is 1. The number of benzene rings is 1. The fourth-order valence-electron chi connectivity index (χ4n) is 2.30. The molecule has 1 aromatic carbocycles. The number of nitrogens with two attached hydrogens (primary N) is 1. The summed E-state index contributed by atoms with van der Waals surface area (Å²) in [6.45, 7) is 4.71. The number of piperidine rings is 1. The van der Waals surface area contributed by atoms with Crippen molar-refractivity contribution in [3.63, 3.8) is 0 Å². The number of anilines is 1. The monoisotopic (exact) mass is 273 g/mol. The van der Waals surface area contributed by atoms with Gasteiger partial charge in [-0.3, -0.25) is 9.59 Å². The first-order valence-electron chi connectivity index (χ1n) is 6.68. The molecule has 2 rings (SSSR count). The topological polar surface area (TPSA) is 75.4 Å². The summed E-state index contributed by atoms with van der Waals surface area (Å²) in [5, 5.41) is 2.65. The van der Waals surface area contributed by atoms with Crippen LogP contribution in [0.2, 0.25) is 0 Å². The Kier molecular flexibility index (Phi) is 4.53. The molecule has 0 spiro atoms. The zero-order valence-corrected chi connectivity index (χ0v) is 11.3. The van der Waals surface area contributed by atoms with E-state index >= 15 is 0 Å². The molecule has 0 saturated carbocycles. The first-order valence-corrected chi connectivity index (χ1v) is 6.68. The second-order valence-electron chi connectivity index (χ2n) is 4.93. The van der Waals surface area contributed by atoms with Crippen molar-refractivity contribution in [2.75, 3.05) is 18.4 Å². The largest absolute Gasteiger partial charge is 0.337 e. The van der Waals surface area contributed by atoms with Crippen molar-refractivity contribution >= 4 is 17.5 Å². The number of carbonyl (C=O) groups is 2. The van der Waals surface area contributed by atoms with Crippen molar-refractivity contribution in [1.82, 2.24) is 4.90 Å². The van der Waals surface area contributed by atoms with E-state index in [0.29, 0.717) is 17.8 Å². The molecular formula is C15H19N3O2. The highest BCUT2D eigenvalue weighted by molar-refractivity contribution is 6.00. The third kappa shape index (κ3) is 3.45. The van der Waals surface area contributed by atoms with Gasteiger partial charge in [0.25, 0.3) is 5.91 Å². The summed E-state index contributed by atoms with van der Waals surface area (Å²) in [5.74, 6) is -0.343. The SMILES string of the molecule is C=CC(=O)Nc1cccc(C(=O)N2CCCC(N)C2)c1. The zero-order chi connectivity index (χ0) is 14.5. The molecule has 106 valence electrons. The van der Waals surface area contributed by atoms with Crippen LogP contribution in [-0.2, 0) is 4.79 Å². The second-order valence-corrected chi connectivity index (χ2v) is 4.93. The van der Waals surface area contributed by atoms with E-state index in [2.05, 4.69) is 11.9 Å². The molecule has 1 fully saturated rings. The highest BCUT2D eigenvalue weighted by Crippen LogP contribution is 2.16. The van der Waals surface area contributed by atoms with Gasteiger partial charge in [-0.05, 0) is 37.1 Å². The van der Waals surface area contributed by atoms with Crippen LogP contribution < -0.4 is 11.1 Å². The molecule has 5 heteroatoms. The summed E-state index contributed by atoms with van der Waals surface area (Å²) in [4.78, 5) is 25.4. The highest BCUT2D eigenvalue weighted by Gasteiger charge is 2.22. The Hall–Kier alpha value is -2.14. The number of hydrogen-bond donors (Lipinski definition) is 2. The van der Waals surface area contributed by atoms with Crippen molar-refractivity contribution < 1.29 is 9.59 Å². The molecule has 0 aliphatic carbocycles. The van der Waals surface area contributed by atoms with Crippen LogP contribution in [0.5, 0.6) is 0 Å². The molecule has 20 heavy (non-hydrogen) atoms. The van der Waals surface area contributed by atoms with Gasteiger partial charge in [-0.2, -0.15) is 0 Å². The van der Waals surface area contributed by atoms with Gasteiger partial charge in [0.1, 0.15) is 0 Å². The van der Waals surface area contributed by atoms with Gasteiger partial charge in [0.05, 0.1) is 0 Å². The number of nitrogens with one attached hydrogen (secondary N) is 1. The van der Waals surface area contributed by atoms with Crippen molar-refractivity contribution in [3.8, 4) is 0 Å². The Labute approximate surface area is 118 Å². The molecule has 0 bridgehead atoms. The fraction of sp³-hybridized carbons (Fsp3) is 0.333. The Bertz CT molecular complexity index is 528. The Morgan fingerprint density at radius 2 is 2.25 bits per heavy atom. The van der Waals surface area contributed by atoms with Crippen molar-refractivity contribution in [2.24, 2.45) is 5.73 Å². The molecule has 1 atom stereocenters. The third-order valence-corrected chi connectivity index (χ3v) is 3.31. The van der Waals surface area contributed by atoms with Gasteiger partial charge < -0.3 is 16.0 Å². The smallest absolute Gasteiger partial charge is 0.253 e. The van der Waals surface area contributed by atoms with Crippen LogP contribution in [0.25, 0.3) is 0 Å². The highest BCUT2D eigenvalue weighted by atomic mass is 16.2. The quantitative estimate of drug-likeness (QED) is 0.817. The lowest BCUT2D eigenvalue weighted by Crippen LogP contribution is -2.45. The van der Waals surface area contributed by atoms with Crippen LogP contribution in [0, 0.1) is 0 Å². The van der Waals surface area contributed by atoms with Gasteiger partial charge in [0.15, 0.2) is 0 Å². The molecule has 2 amide bonds. The van der Waals surface area contributed by atoms with E-state index in [1.165, 1.54) is 6.08 Å². The Morgan fingerprint density at radius 1 is 1.45 bits per heavy atom. The summed E-state index contributed by atoms with van der Waals surface area (Å²) in [7, 11) is 0. The van der Waals surface area contributed by atoms with E-state index in [-0.39, 0.29) is 17.9 Å². The lowest BCUT2D eigenvalue weighted by molar-refractivity contribution is -0.111. The van der Waals surface area contributed by atoms with Gasteiger partial charge in [-0.15, -0.1) is 0 Å². The Morgan fingerprint density at radius 3 is 2.95 bits per heavy atom. The summed E-state index contributed by atoms with van der Waals surface area (Å²) in [6, 6.07) is 6.95. The lowest BCUT2D eigenvalue weighted by atomic mass is 10.1. The van der Waals surface area contributed by atoms with E-state index in [0.717, 1.165) is 19.4 Å². The van der Waals surface area contributed by atoms with Gasteiger partial charge in [-0.1, -0.05) is 12.6 Å². The minimum Gasteiger partial charge on any atom is -0.337 e. The van der Waals surface area contributed by atoms with Crippen LogP contribution in [0.1, 0.15) is 23.2 Å². The minimum atomic E-state index is -0.297. The van der Waals surface area contributed by atoms with Gasteiger partial charge in [0, 0.05) is 30.4 Å². The molecule has 3 N–H and O–H groups in total. The molecule has 1 aromatic rings. The van der Waals surface area contributed by atoms with Crippen LogP contribution >= 0.6 is 0 Å². The fourth-order valence-corrected chi connectivity index (χ4v) is 2.30. The maximum absolute atomic E-state index is 12.4. The molecule has 0 radical (unpaired) electrons. The number of likely N-dealkylation sites (tertiary alicyclic amines) is 1. The van der Waals surface area contributed by atoms with E-state index in [9.17, 15) is 9.59 Å². The molecular weight excluding hydrogens is 254 g/mol. The van der Waals surface area contributed by atoms with Gasteiger partial charge in [-0.25, -0.2) is 0 Å². The molecule has 0 aromatic heterocycles. The molecule has 1 aliphatic rings. The number of amides is 2. The van der Waals surface area contributed by atoms with Crippen molar-refractivity contribution in [1.29, 1.82) is 0 Å². The Balaban J connectivity index is 2.11. The summed E-state index contributed by atoms with van der Waals surface area (Å²) < 4.78 is 0. The molecule has 1 unspecified atom stereocenters. The van der Waals surface area contributed by atoms with Crippen molar-refractivity contribution in [2.45, 2.75) is 18.9 Å². The maximum Gasteiger partial charge on any atom is 0.253 e. The third-order valence-electron chi connectivity index (χ3n) is 3.31. The van der Waals surface area contributed by atoms with E-state index in [4.69, 9.17) is 5.73 Å². The predicted octanol–water partition coefficient (Wildman–Crippen LogP) is 1.37. The first kappa shape index (κ1) is 14.3. The summed E-state index contributed by atoms with van der Waals surface area (Å²) in [6.07, 6.45) is 3.08. The summed E-state index contributed by atoms with van der Waals surface area (Å²) >= 11 is 0. The zero-order valence-electron chi connectivity index (χ0n) is 11.3. The lowest BCUT2D eigenvalue weighted by Gasteiger charge is -2.30. The van der Waals surface area contributed by atoms with Gasteiger partial charge >= 0.3 is 0 Å². The average Bonchev–Trinajstić information content (AvgIpc) is 2.46.